The molecule has 2 rings (SSSR count). The molecule has 9 heteroatoms. The van der Waals surface area contributed by atoms with E-state index < -0.39 is 11.2 Å². The topological polar surface area (TPSA) is 106 Å². The Hall–Kier alpha value is -2.71. The molecule has 0 bridgehead atoms. The van der Waals surface area contributed by atoms with Crippen molar-refractivity contribution < 1.29 is 4.79 Å². The lowest BCUT2D eigenvalue weighted by Crippen LogP contribution is -2.40. The molecule has 0 aliphatic rings. The fourth-order valence-electron chi connectivity index (χ4n) is 1.76. The number of aromatic nitrogens is 5. The zero-order valence-corrected chi connectivity index (χ0v) is 12.0. The molecule has 0 aliphatic heterocycles. The van der Waals surface area contributed by atoms with Crippen LogP contribution in [0.1, 0.15) is 11.6 Å². The van der Waals surface area contributed by atoms with Crippen LogP contribution in [0.15, 0.2) is 21.9 Å². The number of nitrogens with zero attached hydrogens (tertiary/aromatic N) is 5. The van der Waals surface area contributed by atoms with Crippen LogP contribution in [0.25, 0.3) is 0 Å². The van der Waals surface area contributed by atoms with Gasteiger partial charge in [0.05, 0.1) is 6.54 Å². The number of H-pyrrole nitrogens is 1. The van der Waals surface area contributed by atoms with Crippen LogP contribution in [0.2, 0.25) is 0 Å². The van der Waals surface area contributed by atoms with E-state index in [0.717, 1.165) is 4.57 Å². The van der Waals surface area contributed by atoms with Gasteiger partial charge in [-0.1, -0.05) is 0 Å². The van der Waals surface area contributed by atoms with E-state index in [-0.39, 0.29) is 19.0 Å². The lowest BCUT2D eigenvalue weighted by atomic mass is 10.4. The molecular weight excluding hydrogens is 276 g/mol. The summed E-state index contributed by atoms with van der Waals surface area (Å²) in [6, 6.07) is 1.24. The Labute approximate surface area is 119 Å². The maximum absolute atomic E-state index is 12.1. The van der Waals surface area contributed by atoms with Crippen LogP contribution in [-0.4, -0.2) is 42.2 Å². The fraction of sp³-hybridized carbons (Fsp3) is 0.417. The molecule has 1 amide bonds. The van der Waals surface area contributed by atoms with E-state index in [9.17, 15) is 14.4 Å². The van der Waals surface area contributed by atoms with Crippen LogP contribution in [0.3, 0.4) is 0 Å². The van der Waals surface area contributed by atoms with Crippen LogP contribution in [0.5, 0.6) is 0 Å². The molecule has 0 saturated carbocycles. The molecule has 0 radical (unpaired) electrons. The van der Waals surface area contributed by atoms with Gasteiger partial charge < -0.3 is 4.90 Å². The molecule has 1 N–H and O–H groups in total. The number of rotatable bonds is 4. The first-order chi connectivity index (χ1) is 9.88. The molecule has 0 spiro atoms. The maximum atomic E-state index is 12.1. The van der Waals surface area contributed by atoms with Crippen molar-refractivity contribution in [3.8, 4) is 0 Å². The zero-order chi connectivity index (χ0) is 15.6. The lowest BCUT2D eigenvalue weighted by Gasteiger charge is -2.16. The predicted octanol–water partition coefficient (Wildman–Crippen LogP) is -1.37. The summed E-state index contributed by atoms with van der Waals surface area (Å²) in [5.41, 5.74) is -0.939. The smallest absolute Gasteiger partial charge is 0.331 e. The van der Waals surface area contributed by atoms with Crippen molar-refractivity contribution in [2.75, 3.05) is 7.05 Å². The third kappa shape index (κ3) is 3.25. The number of hydrogen-bond acceptors (Lipinski definition) is 5. The van der Waals surface area contributed by atoms with Crippen LogP contribution in [-0.2, 0) is 24.9 Å². The van der Waals surface area contributed by atoms with Crippen molar-refractivity contribution in [2.24, 2.45) is 7.05 Å². The first-order valence-electron chi connectivity index (χ1n) is 6.27. The summed E-state index contributed by atoms with van der Waals surface area (Å²) in [4.78, 5) is 40.7. The zero-order valence-electron chi connectivity index (χ0n) is 12.0. The van der Waals surface area contributed by atoms with E-state index in [0.29, 0.717) is 11.6 Å². The third-order valence-electron chi connectivity index (χ3n) is 3.01. The Bertz CT molecular complexity index is 772. The van der Waals surface area contributed by atoms with Gasteiger partial charge in [-0.3, -0.25) is 23.8 Å². The van der Waals surface area contributed by atoms with Gasteiger partial charge in [0.25, 0.3) is 5.56 Å². The number of aryl methyl sites for hydroxylation is 1. The summed E-state index contributed by atoms with van der Waals surface area (Å²) in [6.07, 6.45) is 1.31. The highest BCUT2D eigenvalue weighted by molar-refractivity contribution is 5.75. The lowest BCUT2D eigenvalue weighted by molar-refractivity contribution is -0.131. The van der Waals surface area contributed by atoms with Gasteiger partial charge >= 0.3 is 5.69 Å². The van der Waals surface area contributed by atoms with Gasteiger partial charge in [-0.05, 0) is 6.92 Å². The number of likely N-dealkylation sites (N-methyl/N-ethyl adjacent to an activating group) is 1. The molecule has 2 aromatic rings. The van der Waals surface area contributed by atoms with Crippen molar-refractivity contribution in [3.05, 3.63) is 44.8 Å². The van der Waals surface area contributed by atoms with Gasteiger partial charge in [-0.2, -0.15) is 5.10 Å². The number of carbonyl (C=O) groups excluding carboxylic acids is 1. The molecule has 21 heavy (non-hydrogen) atoms. The highest BCUT2D eigenvalue weighted by Gasteiger charge is 2.13. The highest BCUT2D eigenvalue weighted by Crippen LogP contribution is 1.98. The van der Waals surface area contributed by atoms with E-state index in [4.69, 9.17) is 0 Å². The third-order valence-corrected chi connectivity index (χ3v) is 3.01. The second kappa shape index (κ2) is 5.73. The number of hydrogen-bond donors (Lipinski definition) is 1. The maximum Gasteiger partial charge on any atom is 0.331 e. The summed E-state index contributed by atoms with van der Waals surface area (Å²) in [6.45, 7) is 1.86. The number of carbonyl (C=O) groups is 1. The van der Waals surface area contributed by atoms with E-state index in [1.807, 2.05) is 0 Å². The number of amides is 1. The van der Waals surface area contributed by atoms with E-state index in [2.05, 4.69) is 15.2 Å². The molecular formula is C12H16N6O3. The van der Waals surface area contributed by atoms with Crippen LogP contribution < -0.4 is 11.2 Å². The van der Waals surface area contributed by atoms with E-state index in [1.54, 1.807) is 14.0 Å². The molecule has 0 aromatic carbocycles. The molecule has 0 unspecified atom stereocenters. The largest absolute Gasteiger partial charge is 0.337 e. The number of nitrogens with one attached hydrogen (secondary N) is 1. The SMILES string of the molecule is Cc1nc(CN(C)C(=O)Cn2ccc(=O)n(C)c2=O)n[nH]1. The molecule has 9 nitrogen and oxygen atoms in total. The summed E-state index contributed by atoms with van der Waals surface area (Å²) < 4.78 is 2.13. The Morgan fingerprint density at radius 3 is 2.76 bits per heavy atom. The predicted molar refractivity (Wildman–Crippen MR) is 73.5 cm³/mol. The fourth-order valence-corrected chi connectivity index (χ4v) is 1.76. The minimum Gasteiger partial charge on any atom is -0.337 e. The molecule has 112 valence electrons. The quantitative estimate of drug-likeness (QED) is 0.748. The molecule has 2 aromatic heterocycles. The summed E-state index contributed by atoms with van der Waals surface area (Å²) >= 11 is 0. The first-order valence-corrected chi connectivity index (χ1v) is 6.27. The summed E-state index contributed by atoms with van der Waals surface area (Å²) in [7, 11) is 2.97. The van der Waals surface area contributed by atoms with Gasteiger partial charge in [0.1, 0.15) is 12.4 Å². The van der Waals surface area contributed by atoms with Crippen molar-refractivity contribution in [1.82, 2.24) is 29.2 Å². The second-order valence-electron chi connectivity index (χ2n) is 4.71. The average Bonchev–Trinajstić information content (AvgIpc) is 2.84. The first kappa shape index (κ1) is 14.7. The molecule has 2 heterocycles. The Kier molecular flexibility index (Phi) is 4.01. The van der Waals surface area contributed by atoms with Crippen molar-refractivity contribution in [3.63, 3.8) is 0 Å². The second-order valence-corrected chi connectivity index (χ2v) is 4.71. The van der Waals surface area contributed by atoms with Crippen LogP contribution >= 0.6 is 0 Å². The Balaban J connectivity index is 2.09. The van der Waals surface area contributed by atoms with Crippen LogP contribution in [0.4, 0.5) is 0 Å². The minimum absolute atomic E-state index is 0.146. The van der Waals surface area contributed by atoms with Gasteiger partial charge in [-0.25, -0.2) is 9.78 Å². The summed E-state index contributed by atoms with van der Waals surface area (Å²) in [5, 5.41) is 6.64. The number of aromatic amines is 1. The van der Waals surface area contributed by atoms with Gasteiger partial charge in [0.15, 0.2) is 5.82 Å². The molecule has 0 fully saturated rings. The minimum atomic E-state index is -0.530. The van der Waals surface area contributed by atoms with Gasteiger partial charge in [0, 0.05) is 26.4 Å². The highest BCUT2D eigenvalue weighted by atomic mass is 16.2. The molecule has 0 aliphatic carbocycles. The molecule has 0 atom stereocenters. The standard InChI is InChI=1S/C12H16N6O3/c1-8-13-9(15-14-8)6-16(2)11(20)7-18-5-4-10(19)17(3)12(18)21/h4-5H,6-7H2,1-3H3,(H,13,14,15). The molecule has 0 saturated heterocycles. The van der Waals surface area contributed by atoms with Gasteiger partial charge in [0.2, 0.25) is 5.91 Å². The van der Waals surface area contributed by atoms with Crippen molar-refractivity contribution in [2.45, 2.75) is 20.0 Å². The normalized spacial score (nSPS) is 10.6. The average molecular weight is 292 g/mol. The van der Waals surface area contributed by atoms with Gasteiger partial charge in [-0.15, -0.1) is 0 Å². The van der Waals surface area contributed by atoms with E-state index >= 15 is 0 Å². The van der Waals surface area contributed by atoms with Crippen molar-refractivity contribution in [1.29, 1.82) is 0 Å². The van der Waals surface area contributed by atoms with Crippen LogP contribution in [0, 0.1) is 6.92 Å². The Morgan fingerprint density at radius 2 is 2.14 bits per heavy atom. The Morgan fingerprint density at radius 1 is 1.43 bits per heavy atom. The van der Waals surface area contributed by atoms with Crippen molar-refractivity contribution >= 4 is 5.91 Å². The monoisotopic (exact) mass is 292 g/mol. The van der Waals surface area contributed by atoms with E-state index in [1.165, 1.54) is 28.8 Å². The summed E-state index contributed by atoms with van der Waals surface area (Å²) in [5.74, 6) is 0.884.